The van der Waals surface area contributed by atoms with E-state index in [2.05, 4.69) is 0 Å². The SMILES string of the molecule is Cc1c(Cl)c(OCc2ccccc2)cc2oc3cc(O)c(C(=O)OCc4ccccc4)c(O)c3c(=O)c12. The second kappa shape index (κ2) is 9.87. The first-order chi connectivity index (χ1) is 17.8. The Labute approximate surface area is 216 Å². The molecule has 0 aliphatic heterocycles. The number of carbonyl (C=O) groups excluding carboxylic acids is 1. The molecule has 0 fully saturated rings. The van der Waals surface area contributed by atoms with Crippen molar-refractivity contribution in [2.24, 2.45) is 0 Å². The topological polar surface area (TPSA) is 106 Å². The Morgan fingerprint density at radius 1 is 0.892 bits per heavy atom. The Kier molecular flexibility index (Phi) is 6.46. The first-order valence-electron chi connectivity index (χ1n) is 11.4. The number of fused-ring (bicyclic) bond motifs is 2. The highest BCUT2D eigenvalue weighted by atomic mass is 35.5. The highest BCUT2D eigenvalue weighted by Gasteiger charge is 2.26. The highest BCUT2D eigenvalue weighted by molar-refractivity contribution is 6.34. The minimum atomic E-state index is -0.986. The predicted molar refractivity (Wildman–Crippen MR) is 139 cm³/mol. The normalized spacial score (nSPS) is 11.1. The Morgan fingerprint density at radius 3 is 2.14 bits per heavy atom. The van der Waals surface area contributed by atoms with Crippen LogP contribution in [-0.2, 0) is 18.0 Å². The first-order valence-corrected chi connectivity index (χ1v) is 11.7. The molecule has 186 valence electrons. The molecular weight excluding hydrogens is 496 g/mol. The summed E-state index contributed by atoms with van der Waals surface area (Å²) in [4.78, 5) is 26.2. The minimum absolute atomic E-state index is 0.0800. The third-order valence-electron chi connectivity index (χ3n) is 6.00. The van der Waals surface area contributed by atoms with Crippen molar-refractivity contribution in [1.29, 1.82) is 0 Å². The molecule has 0 saturated carbocycles. The van der Waals surface area contributed by atoms with Crippen LogP contribution in [-0.4, -0.2) is 16.2 Å². The third kappa shape index (κ3) is 4.57. The number of phenols is 2. The summed E-state index contributed by atoms with van der Waals surface area (Å²) in [6.45, 7) is 1.80. The van der Waals surface area contributed by atoms with Crippen molar-refractivity contribution >= 4 is 39.5 Å². The molecule has 7 nitrogen and oxygen atoms in total. The molecule has 8 heteroatoms. The van der Waals surface area contributed by atoms with Gasteiger partial charge in [-0.1, -0.05) is 72.3 Å². The van der Waals surface area contributed by atoms with Crippen LogP contribution in [0.3, 0.4) is 0 Å². The molecule has 0 unspecified atom stereocenters. The van der Waals surface area contributed by atoms with Gasteiger partial charge in [-0.05, 0) is 23.6 Å². The second-order valence-electron chi connectivity index (χ2n) is 8.45. The predicted octanol–water partition coefficient (Wildman–Crippen LogP) is 6.26. The van der Waals surface area contributed by atoms with E-state index in [1.165, 1.54) is 6.07 Å². The van der Waals surface area contributed by atoms with E-state index < -0.39 is 28.5 Å². The monoisotopic (exact) mass is 516 g/mol. The van der Waals surface area contributed by atoms with Crippen LogP contribution in [0.4, 0.5) is 0 Å². The van der Waals surface area contributed by atoms with Crippen molar-refractivity contribution in [2.45, 2.75) is 20.1 Å². The number of aryl methyl sites for hydroxylation is 1. The molecule has 5 rings (SSSR count). The molecule has 0 bridgehead atoms. The number of rotatable bonds is 6. The largest absolute Gasteiger partial charge is 0.507 e. The van der Waals surface area contributed by atoms with Gasteiger partial charge in [0.05, 0.1) is 10.4 Å². The molecule has 0 aliphatic carbocycles. The number of phenolic OH excluding ortho intramolecular Hbond substituents is 2. The van der Waals surface area contributed by atoms with Crippen LogP contribution in [0.25, 0.3) is 21.9 Å². The van der Waals surface area contributed by atoms with Gasteiger partial charge in [-0.3, -0.25) is 4.79 Å². The summed E-state index contributed by atoms with van der Waals surface area (Å²) in [6.07, 6.45) is 0. The summed E-state index contributed by atoms with van der Waals surface area (Å²) in [7, 11) is 0. The Morgan fingerprint density at radius 2 is 1.49 bits per heavy atom. The van der Waals surface area contributed by atoms with Gasteiger partial charge in [0, 0.05) is 12.1 Å². The highest BCUT2D eigenvalue weighted by Crippen LogP contribution is 2.39. The van der Waals surface area contributed by atoms with Crippen molar-refractivity contribution in [3.05, 3.63) is 110 Å². The fourth-order valence-corrected chi connectivity index (χ4v) is 4.31. The van der Waals surface area contributed by atoms with E-state index in [-0.39, 0.29) is 40.2 Å². The molecule has 0 aliphatic rings. The molecule has 0 saturated heterocycles. The molecule has 0 radical (unpaired) electrons. The third-order valence-corrected chi connectivity index (χ3v) is 6.47. The standard InChI is InChI=1S/C29H21ClO7/c1-16-23-21(13-22(26(16)30)35-14-17-8-4-2-5-9-17)37-20-12-19(31)24(28(33)25(20)27(23)32)29(34)36-15-18-10-6-3-7-11-18/h2-13,31,33H,14-15H2,1H3. The summed E-state index contributed by atoms with van der Waals surface area (Å²) in [5.41, 5.74) is 0.943. The van der Waals surface area contributed by atoms with Crippen molar-refractivity contribution < 1.29 is 28.9 Å². The molecule has 4 aromatic carbocycles. The zero-order valence-corrected chi connectivity index (χ0v) is 20.4. The number of halogens is 1. The van der Waals surface area contributed by atoms with Crippen LogP contribution in [0.15, 0.2) is 82.0 Å². The van der Waals surface area contributed by atoms with E-state index in [1.54, 1.807) is 31.2 Å². The summed E-state index contributed by atoms with van der Waals surface area (Å²) < 4.78 is 17.0. The van der Waals surface area contributed by atoms with Crippen molar-refractivity contribution in [1.82, 2.24) is 0 Å². The average molecular weight is 517 g/mol. The van der Waals surface area contributed by atoms with Gasteiger partial charge < -0.3 is 24.1 Å². The summed E-state index contributed by atoms with van der Waals surface area (Å²) >= 11 is 6.53. The maximum absolute atomic E-state index is 13.5. The number of carbonyl (C=O) groups is 1. The number of hydrogen-bond donors (Lipinski definition) is 2. The molecule has 0 amide bonds. The number of aromatic hydroxyl groups is 2. The van der Waals surface area contributed by atoms with E-state index in [0.717, 1.165) is 17.2 Å². The van der Waals surface area contributed by atoms with E-state index in [9.17, 15) is 19.8 Å². The van der Waals surface area contributed by atoms with Gasteiger partial charge in [-0.15, -0.1) is 0 Å². The molecular formula is C29H21ClO7. The summed E-state index contributed by atoms with van der Waals surface area (Å²) in [5.74, 6) is -1.99. The molecule has 1 aromatic heterocycles. The van der Waals surface area contributed by atoms with Crippen LogP contribution in [0, 0.1) is 6.92 Å². The Hall–Kier alpha value is -4.49. The number of benzene rings is 4. The smallest absolute Gasteiger partial charge is 0.346 e. The molecule has 37 heavy (non-hydrogen) atoms. The zero-order valence-electron chi connectivity index (χ0n) is 19.7. The van der Waals surface area contributed by atoms with Crippen LogP contribution < -0.4 is 10.2 Å². The van der Waals surface area contributed by atoms with Gasteiger partial charge in [-0.2, -0.15) is 0 Å². The van der Waals surface area contributed by atoms with E-state index in [0.29, 0.717) is 11.3 Å². The van der Waals surface area contributed by atoms with Crippen molar-refractivity contribution in [3.8, 4) is 17.2 Å². The van der Waals surface area contributed by atoms with Crippen LogP contribution >= 0.6 is 11.6 Å². The first kappa shape index (κ1) is 24.2. The zero-order chi connectivity index (χ0) is 26.1. The Balaban J connectivity index is 1.56. The van der Waals surface area contributed by atoms with Gasteiger partial charge in [0.15, 0.2) is 0 Å². The maximum atomic E-state index is 13.5. The van der Waals surface area contributed by atoms with Gasteiger partial charge >= 0.3 is 5.97 Å². The molecule has 0 atom stereocenters. The van der Waals surface area contributed by atoms with Crippen LogP contribution in [0.5, 0.6) is 17.2 Å². The second-order valence-corrected chi connectivity index (χ2v) is 8.82. The minimum Gasteiger partial charge on any atom is -0.507 e. The molecule has 1 heterocycles. The quantitative estimate of drug-likeness (QED) is 0.203. The van der Waals surface area contributed by atoms with Crippen LogP contribution in [0.2, 0.25) is 5.02 Å². The van der Waals surface area contributed by atoms with Gasteiger partial charge in [0.1, 0.15) is 52.6 Å². The fraction of sp³-hybridized carbons (Fsp3) is 0.103. The van der Waals surface area contributed by atoms with E-state index in [1.807, 2.05) is 36.4 Å². The van der Waals surface area contributed by atoms with E-state index in [4.69, 9.17) is 25.5 Å². The number of hydrogen-bond acceptors (Lipinski definition) is 7. The maximum Gasteiger partial charge on any atom is 0.346 e. The average Bonchev–Trinajstić information content (AvgIpc) is 2.89. The lowest BCUT2D eigenvalue weighted by Crippen LogP contribution is -2.10. The lowest BCUT2D eigenvalue weighted by molar-refractivity contribution is 0.0466. The number of ether oxygens (including phenoxy) is 2. The fourth-order valence-electron chi connectivity index (χ4n) is 4.11. The summed E-state index contributed by atoms with van der Waals surface area (Å²) in [6, 6.07) is 21.0. The molecule has 0 spiro atoms. The van der Waals surface area contributed by atoms with Gasteiger partial charge in [0.25, 0.3) is 0 Å². The lowest BCUT2D eigenvalue weighted by atomic mass is 10.0. The lowest BCUT2D eigenvalue weighted by Gasteiger charge is -2.14. The molecule has 2 N–H and O–H groups in total. The van der Waals surface area contributed by atoms with Gasteiger partial charge in [0.2, 0.25) is 5.43 Å². The van der Waals surface area contributed by atoms with Crippen LogP contribution in [0.1, 0.15) is 27.0 Å². The van der Waals surface area contributed by atoms with E-state index >= 15 is 0 Å². The van der Waals surface area contributed by atoms with Crippen molar-refractivity contribution in [3.63, 3.8) is 0 Å². The molecule has 5 aromatic rings. The van der Waals surface area contributed by atoms with Crippen molar-refractivity contribution in [2.75, 3.05) is 0 Å². The van der Waals surface area contributed by atoms with Gasteiger partial charge in [-0.25, -0.2) is 4.79 Å². The summed E-state index contributed by atoms with van der Waals surface area (Å²) in [5, 5.41) is 21.5. The Bertz CT molecular complexity index is 1690. The number of esters is 1.